The van der Waals surface area contributed by atoms with Gasteiger partial charge in [0.1, 0.15) is 22.4 Å². The van der Waals surface area contributed by atoms with Crippen LogP contribution in [0.3, 0.4) is 0 Å². The molecule has 0 aromatic heterocycles. The van der Waals surface area contributed by atoms with Gasteiger partial charge in [0.25, 0.3) is 0 Å². The molecule has 27 heavy (non-hydrogen) atoms. The van der Waals surface area contributed by atoms with Crippen LogP contribution < -0.4 is 15.4 Å². The van der Waals surface area contributed by atoms with Gasteiger partial charge in [-0.25, -0.2) is 0 Å². The fraction of sp³-hybridized carbons (Fsp3) is 0.350. The average molecular weight is 386 g/mol. The summed E-state index contributed by atoms with van der Waals surface area (Å²) in [6, 6.07) is 12.6. The number of hydrogen-bond acceptors (Lipinski definition) is 5. The number of para-hydroxylation sites is 1. The molecule has 0 bridgehead atoms. The lowest BCUT2D eigenvalue weighted by atomic mass is 9.87. The Morgan fingerprint density at radius 1 is 1.19 bits per heavy atom. The largest absolute Gasteiger partial charge is 0.485 e. The van der Waals surface area contributed by atoms with E-state index in [0.717, 1.165) is 11.3 Å². The second kappa shape index (κ2) is 6.37. The van der Waals surface area contributed by atoms with Gasteiger partial charge in [-0.2, -0.15) is 8.42 Å². The summed E-state index contributed by atoms with van der Waals surface area (Å²) in [7, 11) is -2.34. The molecule has 0 aliphatic carbocycles. The van der Waals surface area contributed by atoms with Gasteiger partial charge in [-0.1, -0.05) is 18.2 Å². The molecule has 4 rings (SSSR count). The monoisotopic (exact) mass is 386 g/mol. The van der Waals surface area contributed by atoms with Crippen LogP contribution >= 0.6 is 0 Å². The number of hydrogen-bond donors (Lipinski definition) is 2. The van der Waals surface area contributed by atoms with Crippen molar-refractivity contribution in [2.45, 2.75) is 44.4 Å². The molecule has 0 fully saturated rings. The predicted octanol–water partition coefficient (Wildman–Crippen LogP) is 2.31. The summed E-state index contributed by atoms with van der Waals surface area (Å²) < 4.78 is 29.7. The third-order valence-electron chi connectivity index (χ3n) is 5.32. The SMILES string of the molecule is CC1(C)Oc2ccc(N3C(=S(=O)=O)CCc4ccccc43)cc2C(N)C1O. The highest BCUT2D eigenvalue weighted by Gasteiger charge is 2.41. The first-order valence-corrected chi connectivity index (χ1v) is 9.97. The Morgan fingerprint density at radius 3 is 2.67 bits per heavy atom. The molecule has 0 saturated heterocycles. The third-order valence-corrected chi connectivity index (χ3v) is 6.09. The van der Waals surface area contributed by atoms with E-state index in [0.29, 0.717) is 34.8 Å². The summed E-state index contributed by atoms with van der Waals surface area (Å²) >= 11 is 0. The average Bonchev–Trinajstić information content (AvgIpc) is 2.65. The van der Waals surface area contributed by atoms with Crippen molar-refractivity contribution in [2.75, 3.05) is 4.90 Å². The Balaban J connectivity index is 1.88. The van der Waals surface area contributed by atoms with Gasteiger partial charge in [-0.05, 0) is 50.1 Å². The molecule has 0 spiro atoms. The normalized spacial score (nSPS) is 23.3. The van der Waals surface area contributed by atoms with E-state index >= 15 is 0 Å². The van der Waals surface area contributed by atoms with Crippen LogP contribution in [-0.4, -0.2) is 30.2 Å². The Hall–Kier alpha value is -2.35. The Labute approximate surface area is 159 Å². The molecule has 7 heteroatoms. The third kappa shape index (κ3) is 2.92. The molecular weight excluding hydrogens is 364 g/mol. The quantitative estimate of drug-likeness (QED) is 0.731. The number of nitrogens with two attached hydrogens (primary N) is 1. The minimum absolute atomic E-state index is 0.319. The molecule has 0 amide bonds. The zero-order chi connectivity index (χ0) is 19.3. The number of anilines is 2. The van der Waals surface area contributed by atoms with Gasteiger partial charge in [0.15, 0.2) is 0 Å². The lowest BCUT2D eigenvalue weighted by molar-refractivity contribution is -0.0571. The zero-order valence-electron chi connectivity index (χ0n) is 15.2. The van der Waals surface area contributed by atoms with Gasteiger partial charge in [0, 0.05) is 23.4 Å². The Morgan fingerprint density at radius 2 is 1.93 bits per heavy atom. The first-order chi connectivity index (χ1) is 12.8. The number of fused-ring (bicyclic) bond motifs is 2. The van der Waals surface area contributed by atoms with Gasteiger partial charge in [-0.15, -0.1) is 0 Å². The molecule has 2 aromatic rings. The van der Waals surface area contributed by atoms with Gasteiger partial charge >= 0.3 is 0 Å². The fourth-order valence-electron chi connectivity index (χ4n) is 3.84. The number of nitrogens with zero attached hydrogens (tertiary/aromatic N) is 1. The number of rotatable bonds is 1. The summed E-state index contributed by atoms with van der Waals surface area (Å²) in [6.07, 6.45) is 0.241. The molecule has 6 nitrogen and oxygen atoms in total. The lowest BCUT2D eigenvalue weighted by Gasteiger charge is -2.41. The van der Waals surface area contributed by atoms with E-state index in [-0.39, 0.29) is 0 Å². The van der Waals surface area contributed by atoms with E-state index in [1.54, 1.807) is 24.8 Å². The summed E-state index contributed by atoms with van der Waals surface area (Å²) in [5.41, 5.74) is 8.77. The maximum Gasteiger partial charge on any atom is 0.234 e. The molecule has 2 aromatic carbocycles. The van der Waals surface area contributed by atoms with Crippen LogP contribution in [0.5, 0.6) is 5.75 Å². The molecule has 3 N–H and O–H groups in total. The lowest BCUT2D eigenvalue weighted by Crippen LogP contribution is -2.51. The van der Waals surface area contributed by atoms with E-state index < -0.39 is 28.0 Å². The second-order valence-corrected chi connectivity index (χ2v) is 8.43. The van der Waals surface area contributed by atoms with Gasteiger partial charge in [0.2, 0.25) is 10.3 Å². The first-order valence-electron chi connectivity index (χ1n) is 8.89. The van der Waals surface area contributed by atoms with Crippen molar-refractivity contribution in [1.29, 1.82) is 0 Å². The minimum atomic E-state index is -2.34. The van der Waals surface area contributed by atoms with Crippen molar-refractivity contribution >= 4 is 26.7 Å². The number of aliphatic hydroxyl groups excluding tert-OH is 1. The first kappa shape index (κ1) is 18.0. The Kier molecular flexibility index (Phi) is 4.25. The van der Waals surface area contributed by atoms with Crippen LogP contribution in [0.25, 0.3) is 0 Å². The van der Waals surface area contributed by atoms with Gasteiger partial charge < -0.3 is 20.5 Å². The molecule has 0 saturated carbocycles. The molecule has 2 aliphatic heterocycles. The maximum atomic E-state index is 11.9. The van der Waals surface area contributed by atoms with Crippen molar-refractivity contribution in [3.63, 3.8) is 0 Å². The van der Waals surface area contributed by atoms with Crippen molar-refractivity contribution in [3.8, 4) is 5.75 Å². The molecule has 2 aliphatic rings. The van der Waals surface area contributed by atoms with E-state index in [1.807, 2.05) is 36.4 Å². The molecular formula is C20H22N2O4S. The van der Waals surface area contributed by atoms with Crippen LogP contribution in [0.4, 0.5) is 11.4 Å². The highest BCUT2D eigenvalue weighted by atomic mass is 32.2. The highest BCUT2D eigenvalue weighted by molar-refractivity contribution is 7.73. The second-order valence-electron chi connectivity index (χ2n) is 7.49. The summed E-state index contributed by atoms with van der Waals surface area (Å²) in [6.45, 7) is 3.59. The molecule has 2 heterocycles. The van der Waals surface area contributed by atoms with Crippen LogP contribution in [0.2, 0.25) is 0 Å². The van der Waals surface area contributed by atoms with Gasteiger partial charge in [-0.3, -0.25) is 0 Å². The van der Waals surface area contributed by atoms with Crippen LogP contribution in [0, 0.1) is 0 Å². The van der Waals surface area contributed by atoms with Crippen molar-refractivity contribution < 1.29 is 18.3 Å². The molecule has 2 atom stereocenters. The minimum Gasteiger partial charge on any atom is -0.485 e. The van der Waals surface area contributed by atoms with Crippen molar-refractivity contribution in [3.05, 3.63) is 53.6 Å². The molecule has 142 valence electrons. The summed E-state index contributed by atoms with van der Waals surface area (Å²) in [5.74, 6) is 0.608. The predicted molar refractivity (Wildman–Crippen MR) is 105 cm³/mol. The van der Waals surface area contributed by atoms with Gasteiger partial charge in [0.05, 0.1) is 6.04 Å². The van der Waals surface area contributed by atoms with E-state index in [1.165, 1.54) is 0 Å². The van der Waals surface area contributed by atoms with E-state index in [9.17, 15) is 13.5 Å². The fourth-order valence-corrected chi connectivity index (χ4v) is 4.47. The standard InChI is InChI=1S/C20H22N2O4S/c1-20(2)19(23)18(21)14-11-13(8-9-16(14)26-20)22-15-6-4-3-5-12(15)7-10-17(22)27(24)25/h3-6,8-9,11,18-19,23H,7,10,21H2,1-2H3. The number of aliphatic hydroxyl groups is 1. The number of ether oxygens (including phenoxy) is 1. The summed E-state index contributed by atoms with van der Waals surface area (Å²) in [4.78, 5) is 2.07. The van der Waals surface area contributed by atoms with Crippen molar-refractivity contribution in [2.24, 2.45) is 5.73 Å². The molecule has 0 radical (unpaired) electrons. The van der Waals surface area contributed by atoms with Crippen molar-refractivity contribution in [1.82, 2.24) is 0 Å². The van der Waals surface area contributed by atoms with Crippen LogP contribution in [0.15, 0.2) is 42.5 Å². The topological polar surface area (TPSA) is 92.9 Å². The van der Waals surface area contributed by atoms with Crippen LogP contribution in [0.1, 0.15) is 37.4 Å². The number of benzene rings is 2. The highest BCUT2D eigenvalue weighted by Crippen LogP contribution is 2.42. The maximum absolute atomic E-state index is 11.9. The van der Waals surface area contributed by atoms with E-state index in [4.69, 9.17) is 10.5 Å². The Bertz CT molecular complexity index is 1040. The zero-order valence-corrected chi connectivity index (χ0v) is 16.0. The summed E-state index contributed by atoms with van der Waals surface area (Å²) in [5, 5.41) is 10.5. The van der Waals surface area contributed by atoms with E-state index in [2.05, 4.69) is 0 Å². The number of aryl methyl sites for hydroxylation is 1. The molecule has 2 unspecified atom stereocenters. The van der Waals surface area contributed by atoms with Crippen LogP contribution in [-0.2, 0) is 16.7 Å². The smallest absolute Gasteiger partial charge is 0.234 e.